The van der Waals surface area contributed by atoms with Gasteiger partial charge in [0.1, 0.15) is 0 Å². The molecule has 0 bridgehead atoms. The second-order valence-corrected chi connectivity index (χ2v) is 6.94. The highest BCUT2D eigenvalue weighted by Crippen LogP contribution is 2.49. The molecule has 14 heavy (non-hydrogen) atoms. The molecule has 3 nitrogen and oxygen atoms in total. The topological polar surface area (TPSA) is 37.4 Å². The molecule has 0 unspecified atom stereocenters. The molecule has 0 aromatic rings. The quantitative estimate of drug-likeness (QED) is 0.639. The minimum atomic E-state index is -2.97. The summed E-state index contributed by atoms with van der Waals surface area (Å²) in [5.74, 6) is 0. The Bertz CT molecular complexity index is 280. The summed E-state index contributed by atoms with van der Waals surface area (Å²) >= 11 is 0. The number of hydrogen-bond donors (Lipinski definition) is 0. The van der Waals surface area contributed by atoms with Crippen molar-refractivity contribution < 1.29 is 8.42 Å². The molecule has 1 rings (SSSR count). The highest BCUT2D eigenvalue weighted by atomic mass is 32.2. The van der Waals surface area contributed by atoms with Crippen LogP contribution in [-0.4, -0.2) is 32.6 Å². The Labute approximate surface area is 87.5 Å². The predicted octanol–water partition coefficient (Wildman–Crippen LogP) is 1.85. The first-order valence-electron chi connectivity index (χ1n) is 5.25. The fraction of sp³-hybridized carbons (Fsp3) is 1.00. The first kappa shape index (κ1) is 12.0. The lowest BCUT2D eigenvalue weighted by Gasteiger charge is -2.14. The molecule has 0 aromatic heterocycles. The average molecular weight is 219 g/mol. The lowest BCUT2D eigenvalue weighted by atomic mass is 10.0. The van der Waals surface area contributed by atoms with Crippen molar-refractivity contribution in [2.24, 2.45) is 5.41 Å². The number of rotatable bonds is 6. The van der Waals surface area contributed by atoms with Crippen LogP contribution in [0.15, 0.2) is 0 Å². The van der Waals surface area contributed by atoms with Gasteiger partial charge in [-0.3, -0.25) is 0 Å². The van der Waals surface area contributed by atoms with Gasteiger partial charge in [-0.05, 0) is 31.1 Å². The molecule has 0 spiro atoms. The summed E-state index contributed by atoms with van der Waals surface area (Å²) < 4.78 is 23.6. The third kappa shape index (κ3) is 3.96. The van der Waals surface area contributed by atoms with Gasteiger partial charge in [-0.2, -0.15) is 0 Å². The van der Waals surface area contributed by atoms with Crippen LogP contribution in [0.2, 0.25) is 0 Å². The third-order valence-corrected chi connectivity index (χ3v) is 4.49. The van der Waals surface area contributed by atoms with Gasteiger partial charge in [0.05, 0.1) is 6.26 Å². The molecule has 4 heteroatoms. The largest absolute Gasteiger partial charge is 0.213 e. The molecule has 1 fully saturated rings. The van der Waals surface area contributed by atoms with Crippen molar-refractivity contribution in [3.63, 3.8) is 0 Å². The van der Waals surface area contributed by atoms with Gasteiger partial charge < -0.3 is 0 Å². The van der Waals surface area contributed by atoms with E-state index in [0.29, 0.717) is 12.0 Å². The zero-order chi connectivity index (χ0) is 10.8. The van der Waals surface area contributed by atoms with Gasteiger partial charge in [0, 0.05) is 13.6 Å². The number of sulfonamides is 1. The zero-order valence-electron chi connectivity index (χ0n) is 9.41. The smallest absolute Gasteiger partial charge is 0.210 e. The second-order valence-electron chi connectivity index (χ2n) is 4.85. The van der Waals surface area contributed by atoms with Crippen molar-refractivity contribution in [2.45, 2.75) is 39.0 Å². The third-order valence-electron chi connectivity index (χ3n) is 3.17. The summed E-state index contributed by atoms with van der Waals surface area (Å²) in [4.78, 5) is 0. The highest BCUT2D eigenvalue weighted by Gasteiger charge is 2.35. The van der Waals surface area contributed by atoms with E-state index < -0.39 is 10.0 Å². The molecule has 1 saturated carbocycles. The normalized spacial score (nSPS) is 20.0. The summed E-state index contributed by atoms with van der Waals surface area (Å²) in [6.07, 6.45) is 7.36. The highest BCUT2D eigenvalue weighted by molar-refractivity contribution is 7.88. The molecule has 1 aliphatic carbocycles. The van der Waals surface area contributed by atoms with E-state index in [2.05, 4.69) is 6.92 Å². The summed E-state index contributed by atoms with van der Waals surface area (Å²) in [5, 5.41) is 0. The molecule has 0 heterocycles. The Morgan fingerprint density at radius 1 is 1.29 bits per heavy atom. The van der Waals surface area contributed by atoms with Crippen LogP contribution in [0.1, 0.15) is 39.0 Å². The molecule has 1 aliphatic rings. The van der Waals surface area contributed by atoms with E-state index in [0.717, 1.165) is 12.8 Å². The first-order valence-corrected chi connectivity index (χ1v) is 7.10. The average Bonchev–Trinajstić information content (AvgIpc) is 2.76. The predicted molar refractivity (Wildman–Crippen MR) is 58.7 cm³/mol. The van der Waals surface area contributed by atoms with Gasteiger partial charge >= 0.3 is 0 Å². The fourth-order valence-corrected chi connectivity index (χ4v) is 1.98. The van der Waals surface area contributed by atoms with E-state index in [4.69, 9.17) is 0 Å². The van der Waals surface area contributed by atoms with Gasteiger partial charge in [0.25, 0.3) is 0 Å². The van der Waals surface area contributed by atoms with Crippen molar-refractivity contribution in [3.05, 3.63) is 0 Å². The molecule has 0 aliphatic heterocycles. The second kappa shape index (κ2) is 4.19. The minimum absolute atomic E-state index is 0.601. The molecule has 0 saturated heterocycles. The Morgan fingerprint density at radius 3 is 2.29 bits per heavy atom. The number of nitrogens with zero attached hydrogens (tertiary/aromatic N) is 1. The Hall–Kier alpha value is -0.0900. The Morgan fingerprint density at radius 2 is 1.86 bits per heavy atom. The van der Waals surface area contributed by atoms with Crippen LogP contribution < -0.4 is 0 Å². The maximum absolute atomic E-state index is 11.1. The number of hydrogen-bond acceptors (Lipinski definition) is 2. The van der Waals surface area contributed by atoms with Crippen molar-refractivity contribution in [2.75, 3.05) is 19.8 Å². The SMILES string of the molecule is CN(CCCCC1(C)CC1)S(C)(=O)=O. The maximum atomic E-state index is 11.1. The van der Waals surface area contributed by atoms with Crippen LogP contribution >= 0.6 is 0 Å². The van der Waals surface area contributed by atoms with Crippen LogP contribution in [0, 0.1) is 5.41 Å². The molecule has 0 atom stereocenters. The van der Waals surface area contributed by atoms with Gasteiger partial charge in [-0.1, -0.05) is 13.3 Å². The molecular formula is C10H21NO2S. The molecule has 0 N–H and O–H groups in total. The Balaban J connectivity index is 2.09. The van der Waals surface area contributed by atoms with E-state index in [1.807, 2.05) is 0 Å². The van der Waals surface area contributed by atoms with E-state index >= 15 is 0 Å². The monoisotopic (exact) mass is 219 g/mol. The van der Waals surface area contributed by atoms with Gasteiger partial charge in [-0.15, -0.1) is 0 Å². The molecule has 0 amide bonds. The van der Waals surface area contributed by atoms with Crippen molar-refractivity contribution >= 4 is 10.0 Å². The van der Waals surface area contributed by atoms with E-state index in [1.54, 1.807) is 7.05 Å². The molecular weight excluding hydrogens is 198 g/mol. The first-order chi connectivity index (χ1) is 6.33. The van der Waals surface area contributed by atoms with E-state index in [1.165, 1.54) is 29.8 Å². The lowest BCUT2D eigenvalue weighted by molar-refractivity contribution is 0.427. The molecule has 84 valence electrons. The van der Waals surface area contributed by atoms with Crippen LogP contribution in [0.25, 0.3) is 0 Å². The van der Waals surface area contributed by atoms with Crippen LogP contribution in [0.4, 0.5) is 0 Å². The van der Waals surface area contributed by atoms with Crippen LogP contribution in [0.5, 0.6) is 0 Å². The fourth-order valence-electron chi connectivity index (χ4n) is 1.52. The standard InChI is InChI=1S/C10H21NO2S/c1-10(7-8-10)6-4-5-9-11(2)14(3,12)13/h4-9H2,1-3H3. The lowest BCUT2D eigenvalue weighted by Crippen LogP contribution is -2.26. The molecule has 0 aromatic carbocycles. The van der Waals surface area contributed by atoms with E-state index in [9.17, 15) is 8.42 Å². The summed E-state index contributed by atoms with van der Waals surface area (Å²) in [6, 6.07) is 0. The van der Waals surface area contributed by atoms with Crippen molar-refractivity contribution in [1.82, 2.24) is 4.31 Å². The minimum Gasteiger partial charge on any atom is -0.213 e. The Kier molecular flexibility index (Phi) is 3.58. The molecule has 0 radical (unpaired) electrons. The maximum Gasteiger partial charge on any atom is 0.210 e. The van der Waals surface area contributed by atoms with Gasteiger partial charge in [0.15, 0.2) is 0 Å². The van der Waals surface area contributed by atoms with E-state index in [-0.39, 0.29) is 0 Å². The van der Waals surface area contributed by atoms with Crippen LogP contribution in [-0.2, 0) is 10.0 Å². The van der Waals surface area contributed by atoms with Crippen molar-refractivity contribution in [3.8, 4) is 0 Å². The number of unbranched alkanes of at least 4 members (excludes halogenated alkanes) is 1. The summed E-state index contributed by atoms with van der Waals surface area (Å²) in [5.41, 5.74) is 0.601. The summed E-state index contributed by atoms with van der Waals surface area (Å²) in [6.45, 7) is 2.97. The van der Waals surface area contributed by atoms with Gasteiger partial charge in [-0.25, -0.2) is 12.7 Å². The van der Waals surface area contributed by atoms with Crippen LogP contribution in [0.3, 0.4) is 0 Å². The zero-order valence-corrected chi connectivity index (χ0v) is 10.2. The summed E-state index contributed by atoms with van der Waals surface area (Å²) in [7, 11) is -1.32. The van der Waals surface area contributed by atoms with Crippen molar-refractivity contribution in [1.29, 1.82) is 0 Å². The van der Waals surface area contributed by atoms with Gasteiger partial charge in [0.2, 0.25) is 10.0 Å².